The maximum absolute atomic E-state index is 13.8. The summed E-state index contributed by atoms with van der Waals surface area (Å²) in [6.45, 7) is 8.92. The molecule has 0 aliphatic carbocycles. The van der Waals surface area contributed by atoms with E-state index in [0.717, 1.165) is 30.7 Å². The van der Waals surface area contributed by atoms with Crippen LogP contribution in [0.25, 0.3) is 0 Å². The average molecular weight is 372 g/mol. The second kappa shape index (κ2) is 9.49. The molecule has 0 amide bonds. The molecule has 0 atom stereocenters. The summed E-state index contributed by atoms with van der Waals surface area (Å²) in [5, 5.41) is 0. The van der Waals surface area contributed by atoms with E-state index in [2.05, 4.69) is 27.7 Å². The number of rotatable bonds is 12. The van der Waals surface area contributed by atoms with Crippen molar-refractivity contribution >= 4 is 16.8 Å². The topological polar surface area (TPSA) is 17.1 Å². The van der Waals surface area contributed by atoms with E-state index in [1.54, 1.807) is 0 Å². The fourth-order valence-electron chi connectivity index (χ4n) is 3.08. The number of hydrogen-bond acceptors (Lipinski definition) is 1. The molecule has 0 aliphatic rings. The first-order valence-corrected chi connectivity index (χ1v) is 15.7. The van der Waals surface area contributed by atoms with Gasteiger partial charge in [-0.05, 0) is 0 Å². The van der Waals surface area contributed by atoms with Gasteiger partial charge in [0.2, 0.25) is 0 Å². The van der Waals surface area contributed by atoms with E-state index in [1.165, 1.54) is 38.5 Å². The van der Waals surface area contributed by atoms with Crippen molar-refractivity contribution < 1.29 is 3.10 Å². The molecule has 0 aromatic carbocycles. The Labute approximate surface area is 116 Å². The molecule has 0 fully saturated rings. The van der Waals surface area contributed by atoms with Gasteiger partial charge in [0.15, 0.2) is 0 Å². The fraction of sp³-hybridized carbons (Fsp3) is 1.00. The van der Waals surface area contributed by atoms with Crippen LogP contribution >= 0.6 is 0 Å². The molecule has 1 nitrogen and oxygen atoms in total. The van der Waals surface area contributed by atoms with Crippen molar-refractivity contribution in [2.24, 2.45) is 0 Å². The third-order valence-electron chi connectivity index (χ3n) is 3.97. The van der Waals surface area contributed by atoms with E-state index in [0.29, 0.717) is 0 Å². The van der Waals surface area contributed by atoms with Gasteiger partial charge in [-0.3, -0.25) is 0 Å². The summed E-state index contributed by atoms with van der Waals surface area (Å²) in [5.41, 5.74) is 0. The fourth-order valence-corrected chi connectivity index (χ4v) is 17.8. The monoisotopic (exact) mass is 374 g/mol. The molecule has 0 aromatic rings. The van der Waals surface area contributed by atoms with Crippen LogP contribution in [0.1, 0.15) is 79.1 Å². The van der Waals surface area contributed by atoms with E-state index in [-0.39, 0.29) is 0 Å². The summed E-state index contributed by atoms with van der Waals surface area (Å²) in [4.78, 5) is 0. The molecule has 0 aromatic heterocycles. The van der Waals surface area contributed by atoms with Crippen molar-refractivity contribution in [3.05, 3.63) is 0 Å². The van der Waals surface area contributed by atoms with Gasteiger partial charge in [0, 0.05) is 0 Å². The summed E-state index contributed by atoms with van der Waals surface area (Å²) in [6, 6.07) is 0. The van der Waals surface area contributed by atoms with Crippen molar-refractivity contribution in [3.8, 4) is 0 Å². The maximum atomic E-state index is 13.8. The molecule has 0 spiro atoms. The quantitative estimate of drug-likeness (QED) is 0.282. The summed E-state index contributed by atoms with van der Waals surface area (Å²) in [6.07, 6.45) is 9.70. The van der Waals surface area contributed by atoms with Crippen molar-refractivity contribution in [3.63, 3.8) is 0 Å². The summed E-state index contributed by atoms with van der Waals surface area (Å²) in [7, 11) is 0. The zero-order valence-corrected chi connectivity index (χ0v) is 15.6. The summed E-state index contributed by atoms with van der Waals surface area (Å²) >= 11 is -3.38. The van der Waals surface area contributed by atoms with Gasteiger partial charge in [0.25, 0.3) is 0 Å². The molecular weight excluding hydrogens is 336 g/mol. The predicted molar refractivity (Wildman–Crippen MR) is 85.3 cm³/mol. The Balaban J connectivity index is 4.73. The van der Waals surface area contributed by atoms with Crippen LogP contribution in [0.5, 0.6) is 0 Å². The minimum atomic E-state index is -3.38. The first-order valence-electron chi connectivity index (χ1n) is 8.15. The zero-order valence-electron chi connectivity index (χ0n) is 13.3. The van der Waals surface area contributed by atoms with Crippen molar-refractivity contribution in [1.29, 1.82) is 0 Å². The molecule has 0 N–H and O–H groups in total. The molecule has 0 rings (SSSR count). The average Bonchev–Trinajstić information content (AvgIpc) is 2.30. The molecule has 112 valence electrons. The van der Waals surface area contributed by atoms with E-state index in [9.17, 15) is 3.10 Å². The third kappa shape index (κ3) is 6.67. The Bertz CT molecular complexity index is 232. The number of hydrogen-bond donors (Lipinski definition) is 0. The van der Waals surface area contributed by atoms with Gasteiger partial charge in [-0.2, -0.15) is 0 Å². The summed E-state index contributed by atoms with van der Waals surface area (Å²) in [5.74, 6) is 0. The van der Waals surface area contributed by atoms with Gasteiger partial charge in [0.1, 0.15) is 0 Å². The molecule has 0 radical (unpaired) electrons. The van der Waals surface area contributed by atoms with Crippen molar-refractivity contribution in [2.45, 2.75) is 96.9 Å². The van der Waals surface area contributed by atoms with Crippen LogP contribution in [0.4, 0.5) is 0 Å². The molecule has 0 aliphatic heterocycles. The molecule has 18 heavy (non-hydrogen) atoms. The second-order valence-electron chi connectivity index (χ2n) is 5.93. The van der Waals surface area contributed by atoms with Gasteiger partial charge in [0.05, 0.1) is 0 Å². The SMILES string of the molecule is CCCCC[Te](=O)(CCC)(CCC)CCCCC. The first-order chi connectivity index (χ1) is 8.54. The van der Waals surface area contributed by atoms with Crippen molar-refractivity contribution in [1.82, 2.24) is 0 Å². The van der Waals surface area contributed by atoms with Crippen molar-refractivity contribution in [2.75, 3.05) is 0 Å². The number of unbranched alkanes of at least 4 members (excludes halogenated alkanes) is 4. The van der Waals surface area contributed by atoms with Gasteiger partial charge in [-0.25, -0.2) is 0 Å². The van der Waals surface area contributed by atoms with Crippen LogP contribution in [-0.2, 0) is 3.10 Å². The Hall–Kier alpha value is 0.590. The minimum absolute atomic E-state index is 1.07. The van der Waals surface area contributed by atoms with Crippen LogP contribution < -0.4 is 0 Å². The van der Waals surface area contributed by atoms with Crippen LogP contribution in [0.3, 0.4) is 0 Å². The Kier molecular flexibility index (Phi) is 9.80. The van der Waals surface area contributed by atoms with Crippen LogP contribution in [-0.4, -0.2) is 16.8 Å². The van der Waals surface area contributed by atoms with E-state index < -0.39 is 16.8 Å². The second-order valence-corrected chi connectivity index (χ2v) is 20.3. The molecular formula is C16H36OTe. The standard InChI is InChI=1S/C16H36OTe/c1-5-9-11-15-18(17,13-7-3,14-8-4)16-12-10-6-2/h5-16H2,1-4H3. The molecule has 0 saturated heterocycles. The van der Waals surface area contributed by atoms with Crippen LogP contribution in [0.15, 0.2) is 0 Å². The third-order valence-corrected chi connectivity index (χ3v) is 19.7. The summed E-state index contributed by atoms with van der Waals surface area (Å²) < 4.78 is 18.2. The normalized spacial score (nSPS) is 14.3. The van der Waals surface area contributed by atoms with E-state index >= 15 is 0 Å². The molecule has 0 unspecified atom stereocenters. The van der Waals surface area contributed by atoms with E-state index in [1.807, 2.05) is 0 Å². The Morgan fingerprint density at radius 2 is 0.944 bits per heavy atom. The van der Waals surface area contributed by atoms with Gasteiger partial charge in [-0.15, -0.1) is 0 Å². The van der Waals surface area contributed by atoms with Gasteiger partial charge >= 0.3 is 117 Å². The van der Waals surface area contributed by atoms with E-state index in [4.69, 9.17) is 0 Å². The van der Waals surface area contributed by atoms with Gasteiger partial charge in [-0.1, -0.05) is 0 Å². The molecule has 2 heteroatoms. The van der Waals surface area contributed by atoms with Crippen LogP contribution in [0.2, 0.25) is 17.9 Å². The molecule has 0 bridgehead atoms. The Morgan fingerprint density at radius 3 is 1.22 bits per heavy atom. The molecule has 0 saturated carbocycles. The molecule has 0 heterocycles. The predicted octanol–water partition coefficient (Wildman–Crippen LogP) is 6.52. The first kappa shape index (κ1) is 18.6. The Morgan fingerprint density at radius 1 is 0.556 bits per heavy atom. The zero-order chi connectivity index (χ0) is 13.9. The van der Waals surface area contributed by atoms with Gasteiger partial charge < -0.3 is 0 Å². The van der Waals surface area contributed by atoms with Crippen LogP contribution in [0, 0.1) is 0 Å².